The Kier molecular flexibility index (Phi) is 8.44. The van der Waals surface area contributed by atoms with Crippen LogP contribution in [0.2, 0.25) is 0 Å². The van der Waals surface area contributed by atoms with Crippen molar-refractivity contribution in [3.63, 3.8) is 0 Å². The molecule has 0 fully saturated rings. The van der Waals surface area contributed by atoms with Crippen LogP contribution in [0.15, 0.2) is 78.9 Å². The summed E-state index contributed by atoms with van der Waals surface area (Å²) in [5.74, 6) is 0.422. The van der Waals surface area contributed by atoms with Crippen LogP contribution >= 0.6 is 0 Å². The van der Waals surface area contributed by atoms with Crippen molar-refractivity contribution >= 4 is 17.5 Å². The first-order valence-corrected chi connectivity index (χ1v) is 11.0. The molecule has 0 saturated carbocycles. The number of hydrogen-bond donors (Lipinski definition) is 1. The Morgan fingerprint density at radius 2 is 1.62 bits per heavy atom. The third kappa shape index (κ3) is 6.71. The van der Waals surface area contributed by atoms with Gasteiger partial charge in [-0.1, -0.05) is 56.2 Å². The van der Waals surface area contributed by atoms with Crippen LogP contribution in [0.1, 0.15) is 52.5 Å². The lowest BCUT2D eigenvalue weighted by Crippen LogP contribution is -2.26. The largest absolute Gasteiger partial charge is 0.494 e. The zero-order valence-corrected chi connectivity index (χ0v) is 18.7. The van der Waals surface area contributed by atoms with Gasteiger partial charge in [0.2, 0.25) is 0 Å². The fourth-order valence-electron chi connectivity index (χ4n) is 3.33. The minimum Gasteiger partial charge on any atom is -0.494 e. The zero-order valence-electron chi connectivity index (χ0n) is 18.7. The number of nitrogens with one attached hydrogen (secondary N) is 1. The van der Waals surface area contributed by atoms with E-state index in [-0.39, 0.29) is 11.8 Å². The third-order valence-electron chi connectivity index (χ3n) is 5.11. The van der Waals surface area contributed by atoms with E-state index in [1.54, 1.807) is 60.5 Å². The molecule has 32 heavy (non-hydrogen) atoms. The maximum absolute atomic E-state index is 12.8. The lowest BCUT2D eigenvalue weighted by molar-refractivity contribution is 0.0784. The Balaban J connectivity index is 1.59. The van der Waals surface area contributed by atoms with E-state index in [9.17, 15) is 9.59 Å². The van der Waals surface area contributed by atoms with Gasteiger partial charge in [0.15, 0.2) is 0 Å². The van der Waals surface area contributed by atoms with Gasteiger partial charge in [-0.25, -0.2) is 0 Å². The number of benzene rings is 3. The smallest absolute Gasteiger partial charge is 0.255 e. The SMILES string of the molecule is CCCCCOc1ccc(C(=O)Nc2cccc(C(=O)N(C)Cc3ccccc3)c2)cc1. The number of amides is 2. The van der Waals surface area contributed by atoms with Gasteiger partial charge in [0.1, 0.15) is 5.75 Å². The fourth-order valence-corrected chi connectivity index (χ4v) is 3.33. The number of nitrogens with zero attached hydrogens (tertiary/aromatic N) is 1. The summed E-state index contributed by atoms with van der Waals surface area (Å²) in [6, 6.07) is 23.9. The van der Waals surface area contributed by atoms with E-state index in [1.165, 1.54) is 0 Å². The highest BCUT2D eigenvalue weighted by Crippen LogP contribution is 2.17. The summed E-state index contributed by atoms with van der Waals surface area (Å²) in [5.41, 5.74) is 2.69. The summed E-state index contributed by atoms with van der Waals surface area (Å²) >= 11 is 0. The summed E-state index contributed by atoms with van der Waals surface area (Å²) in [6.07, 6.45) is 3.32. The van der Waals surface area contributed by atoms with Gasteiger partial charge in [0, 0.05) is 30.4 Å². The predicted molar refractivity (Wildman–Crippen MR) is 128 cm³/mol. The molecule has 2 amide bonds. The molecule has 3 rings (SSSR count). The molecule has 0 saturated heterocycles. The second-order valence-electron chi connectivity index (χ2n) is 7.76. The van der Waals surface area contributed by atoms with Crippen molar-refractivity contribution < 1.29 is 14.3 Å². The molecule has 3 aromatic carbocycles. The Hall–Kier alpha value is -3.60. The van der Waals surface area contributed by atoms with Crippen LogP contribution < -0.4 is 10.1 Å². The monoisotopic (exact) mass is 430 g/mol. The number of ether oxygens (including phenoxy) is 1. The summed E-state index contributed by atoms with van der Waals surface area (Å²) in [6.45, 7) is 3.35. The van der Waals surface area contributed by atoms with Crippen molar-refractivity contribution in [3.05, 3.63) is 95.6 Å². The topological polar surface area (TPSA) is 58.6 Å². The normalized spacial score (nSPS) is 10.4. The third-order valence-corrected chi connectivity index (χ3v) is 5.11. The number of carbonyl (C=O) groups is 2. The summed E-state index contributed by atoms with van der Waals surface area (Å²) in [4.78, 5) is 27.1. The van der Waals surface area contributed by atoms with Gasteiger partial charge in [-0.15, -0.1) is 0 Å². The molecule has 0 unspecified atom stereocenters. The van der Waals surface area contributed by atoms with Crippen LogP contribution in [0, 0.1) is 0 Å². The van der Waals surface area contributed by atoms with E-state index in [0.717, 1.165) is 30.6 Å². The predicted octanol–water partition coefficient (Wildman–Crippen LogP) is 5.78. The van der Waals surface area contributed by atoms with Crippen molar-refractivity contribution in [2.45, 2.75) is 32.7 Å². The maximum atomic E-state index is 12.8. The molecule has 0 bridgehead atoms. The molecule has 0 atom stereocenters. The molecular formula is C27H30N2O3. The number of hydrogen-bond acceptors (Lipinski definition) is 3. The minimum atomic E-state index is -0.232. The molecule has 0 spiro atoms. The molecule has 3 aromatic rings. The highest BCUT2D eigenvalue weighted by Gasteiger charge is 2.14. The van der Waals surface area contributed by atoms with Crippen LogP contribution in [-0.2, 0) is 6.54 Å². The van der Waals surface area contributed by atoms with Gasteiger partial charge in [-0.05, 0) is 54.4 Å². The number of unbranched alkanes of at least 4 members (excludes halogenated alkanes) is 2. The average molecular weight is 431 g/mol. The Morgan fingerprint density at radius 3 is 2.34 bits per heavy atom. The molecule has 1 N–H and O–H groups in total. The highest BCUT2D eigenvalue weighted by atomic mass is 16.5. The van der Waals surface area contributed by atoms with Gasteiger partial charge >= 0.3 is 0 Å². The first-order valence-electron chi connectivity index (χ1n) is 11.0. The highest BCUT2D eigenvalue weighted by molar-refractivity contribution is 6.05. The van der Waals surface area contributed by atoms with E-state index < -0.39 is 0 Å². The van der Waals surface area contributed by atoms with Gasteiger partial charge < -0.3 is 15.0 Å². The summed E-state index contributed by atoms with van der Waals surface area (Å²) in [5, 5.41) is 2.87. The number of carbonyl (C=O) groups excluding carboxylic acids is 2. The molecule has 0 aliphatic rings. The minimum absolute atomic E-state index is 0.102. The second-order valence-corrected chi connectivity index (χ2v) is 7.76. The maximum Gasteiger partial charge on any atom is 0.255 e. The zero-order chi connectivity index (χ0) is 22.8. The molecule has 0 aromatic heterocycles. The molecule has 5 nitrogen and oxygen atoms in total. The van der Waals surface area contributed by atoms with E-state index in [2.05, 4.69) is 12.2 Å². The van der Waals surface area contributed by atoms with Gasteiger partial charge in [0.25, 0.3) is 11.8 Å². The van der Waals surface area contributed by atoms with Crippen molar-refractivity contribution in [1.82, 2.24) is 4.90 Å². The van der Waals surface area contributed by atoms with E-state index >= 15 is 0 Å². The molecular weight excluding hydrogens is 400 g/mol. The lowest BCUT2D eigenvalue weighted by atomic mass is 10.1. The van der Waals surface area contributed by atoms with E-state index in [4.69, 9.17) is 4.74 Å². The molecule has 0 heterocycles. The van der Waals surface area contributed by atoms with Crippen molar-refractivity contribution in [2.75, 3.05) is 19.0 Å². The fraction of sp³-hybridized carbons (Fsp3) is 0.259. The van der Waals surface area contributed by atoms with Gasteiger partial charge in [0.05, 0.1) is 6.61 Å². The van der Waals surface area contributed by atoms with Crippen LogP contribution in [0.25, 0.3) is 0 Å². The van der Waals surface area contributed by atoms with E-state index in [1.807, 2.05) is 30.3 Å². The van der Waals surface area contributed by atoms with Crippen molar-refractivity contribution in [1.29, 1.82) is 0 Å². The van der Waals surface area contributed by atoms with Crippen molar-refractivity contribution in [3.8, 4) is 5.75 Å². The molecule has 0 aliphatic heterocycles. The Bertz CT molecular complexity index is 1020. The summed E-state index contributed by atoms with van der Waals surface area (Å²) < 4.78 is 5.69. The van der Waals surface area contributed by atoms with Crippen molar-refractivity contribution in [2.24, 2.45) is 0 Å². The second kappa shape index (κ2) is 11.7. The quantitative estimate of drug-likeness (QED) is 0.415. The first-order chi connectivity index (χ1) is 15.6. The Labute approximate surface area is 190 Å². The first kappa shape index (κ1) is 23.1. The summed E-state index contributed by atoms with van der Waals surface area (Å²) in [7, 11) is 1.77. The molecule has 166 valence electrons. The van der Waals surface area contributed by atoms with E-state index in [0.29, 0.717) is 30.0 Å². The van der Waals surface area contributed by atoms with Crippen LogP contribution in [0.4, 0.5) is 5.69 Å². The molecule has 5 heteroatoms. The Morgan fingerprint density at radius 1 is 0.875 bits per heavy atom. The standard InChI is InChI=1S/C27H30N2O3/c1-3-4-8-18-32-25-16-14-22(15-17-25)26(30)28-24-13-9-12-23(19-24)27(31)29(2)20-21-10-6-5-7-11-21/h5-7,9-17,19H,3-4,8,18,20H2,1-2H3,(H,28,30). The number of anilines is 1. The lowest BCUT2D eigenvalue weighted by Gasteiger charge is -2.18. The molecule has 0 radical (unpaired) electrons. The van der Waals surface area contributed by atoms with Gasteiger partial charge in [-0.3, -0.25) is 9.59 Å². The van der Waals surface area contributed by atoms with Crippen LogP contribution in [-0.4, -0.2) is 30.4 Å². The average Bonchev–Trinajstić information content (AvgIpc) is 2.82. The molecule has 0 aliphatic carbocycles. The van der Waals surface area contributed by atoms with Crippen LogP contribution in [0.3, 0.4) is 0 Å². The van der Waals surface area contributed by atoms with Gasteiger partial charge in [-0.2, -0.15) is 0 Å². The number of rotatable bonds is 10. The van der Waals surface area contributed by atoms with Crippen LogP contribution in [0.5, 0.6) is 5.75 Å².